The lowest BCUT2D eigenvalue weighted by Gasteiger charge is -2.29. The van der Waals surface area contributed by atoms with Crippen molar-refractivity contribution in [1.29, 1.82) is 0 Å². The number of rotatable bonds is 57. The van der Waals surface area contributed by atoms with Crippen LogP contribution in [0.4, 0.5) is 0 Å². The molecule has 0 aromatic heterocycles. The number of phosphoric ester groups is 1. The highest BCUT2D eigenvalue weighted by molar-refractivity contribution is 7.45. The lowest BCUT2D eigenvalue weighted by molar-refractivity contribution is -0.870. The predicted octanol–water partition coefficient (Wildman–Crippen LogP) is 18.0. The highest BCUT2D eigenvalue weighted by Crippen LogP contribution is 2.38. The van der Waals surface area contributed by atoms with Crippen LogP contribution in [0.1, 0.15) is 316 Å². The Kier molecular flexibility index (Phi) is 51.5. The number of carbonyl (C=O) groups excluding carboxylic acids is 1. The number of carbonyl (C=O) groups is 1. The molecule has 412 valence electrons. The van der Waals surface area contributed by atoms with Crippen LogP contribution in [0.25, 0.3) is 0 Å². The highest BCUT2D eigenvalue weighted by Gasteiger charge is 2.23. The maximum atomic E-state index is 12.9. The second kappa shape index (κ2) is 52.1. The van der Waals surface area contributed by atoms with Crippen molar-refractivity contribution in [2.75, 3.05) is 40.9 Å². The Hall–Kier alpha value is -0.760. The molecule has 0 aliphatic heterocycles. The predicted molar refractivity (Wildman–Crippen MR) is 298 cm³/mol. The third-order valence-corrected chi connectivity index (χ3v) is 15.2. The third kappa shape index (κ3) is 54.8. The molecule has 0 heterocycles. The van der Waals surface area contributed by atoms with E-state index in [2.05, 4.69) is 19.2 Å². The SMILES string of the molecule is CCCCCCCCCC/C=C/C(O)C(COP(=O)([O-])OCC[N+](C)(C)C)NC(=O)CCCCCCCCCCCCCCCCCCCCCCCCCCCCCCCCCCCCCCC. The van der Waals surface area contributed by atoms with Crippen molar-refractivity contribution in [3.05, 3.63) is 12.2 Å². The number of nitrogens with one attached hydrogen (secondary N) is 1. The number of allylic oxidation sites excluding steroid dienone is 1. The van der Waals surface area contributed by atoms with Gasteiger partial charge in [0.05, 0.1) is 39.9 Å². The summed E-state index contributed by atoms with van der Waals surface area (Å²) in [6.07, 6.45) is 64.8. The molecule has 0 spiro atoms. The first-order chi connectivity index (χ1) is 33.5. The van der Waals surface area contributed by atoms with E-state index in [1.165, 1.54) is 257 Å². The molecule has 1 amide bonds. The number of likely N-dealkylation sites (N-methyl/N-ethyl adjacent to an activating group) is 1. The molecule has 0 radical (unpaired) electrons. The number of aliphatic hydroxyl groups excluding tert-OH is 1. The van der Waals surface area contributed by atoms with E-state index in [1.807, 2.05) is 27.2 Å². The Bertz CT molecular complexity index is 1130. The van der Waals surface area contributed by atoms with Crippen molar-refractivity contribution in [1.82, 2.24) is 5.32 Å². The number of unbranched alkanes of at least 4 members (excludes halogenated alkanes) is 44. The Labute approximate surface area is 431 Å². The molecule has 0 fully saturated rings. The molecule has 69 heavy (non-hydrogen) atoms. The average molecular weight is 998 g/mol. The molecular weight excluding hydrogens is 876 g/mol. The number of nitrogens with zero attached hydrogens (tertiary/aromatic N) is 1. The van der Waals surface area contributed by atoms with Crippen LogP contribution >= 0.6 is 7.82 Å². The molecule has 9 heteroatoms. The van der Waals surface area contributed by atoms with Crippen LogP contribution in [0.2, 0.25) is 0 Å². The van der Waals surface area contributed by atoms with Crippen LogP contribution < -0.4 is 10.2 Å². The summed E-state index contributed by atoms with van der Waals surface area (Å²) in [5.74, 6) is -0.192. The molecular formula is C60H121N2O6P. The summed E-state index contributed by atoms with van der Waals surface area (Å²) in [6.45, 7) is 4.66. The summed E-state index contributed by atoms with van der Waals surface area (Å²) < 4.78 is 23.3. The smallest absolute Gasteiger partial charge is 0.268 e. The van der Waals surface area contributed by atoms with Gasteiger partial charge >= 0.3 is 0 Å². The maximum absolute atomic E-state index is 12.9. The number of amides is 1. The fraction of sp³-hybridized carbons (Fsp3) is 0.950. The van der Waals surface area contributed by atoms with Gasteiger partial charge < -0.3 is 28.8 Å². The van der Waals surface area contributed by atoms with Crippen molar-refractivity contribution in [3.8, 4) is 0 Å². The lowest BCUT2D eigenvalue weighted by Crippen LogP contribution is -2.45. The van der Waals surface area contributed by atoms with Crippen LogP contribution in [-0.2, 0) is 18.4 Å². The average Bonchev–Trinajstić information content (AvgIpc) is 3.31. The normalized spacial score (nSPS) is 13.9. The van der Waals surface area contributed by atoms with Gasteiger partial charge in [-0.25, -0.2) is 0 Å². The molecule has 0 saturated heterocycles. The Morgan fingerprint density at radius 2 is 0.783 bits per heavy atom. The molecule has 0 aromatic carbocycles. The van der Waals surface area contributed by atoms with Gasteiger partial charge in [0.1, 0.15) is 13.2 Å². The minimum absolute atomic E-state index is 0.00212. The zero-order valence-corrected chi connectivity index (χ0v) is 47.9. The van der Waals surface area contributed by atoms with Crippen molar-refractivity contribution >= 4 is 13.7 Å². The molecule has 0 saturated carbocycles. The van der Waals surface area contributed by atoms with Crippen molar-refractivity contribution < 1.29 is 32.9 Å². The molecule has 2 N–H and O–H groups in total. The van der Waals surface area contributed by atoms with Gasteiger partial charge in [0.15, 0.2) is 0 Å². The van der Waals surface area contributed by atoms with E-state index in [0.717, 1.165) is 38.5 Å². The molecule has 0 bridgehead atoms. The zero-order chi connectivity index (χ0) is 50.6. The zero-order valence-electron chi connectivity index (χ0n) is 47.0. The number of hydrogen-bond donors (Lipinski definition) is 2. The molecule has 0 aliphatic carbocycles. The third-order valence-electron chi connectivity index (χ3n) is 14.2. The second-order valence-corrected chi connectivity index (χ2v) is 23.8. The first kappa shape index (κ1) is 68.2. The van der Waals surface area contributed by atoms with Crippen LogP contribution in [-0.4, -0.2) is 68.5 Å². The number of aliphatic hydroxyl groups is 1. The summed E-state index contributed by atoms with van der Waals surface area (Å²) in [6, 6.07) is -0.880. The van der Waals surface area contributed by atoms with Crippen molar-refractivity contribution in [2.45, 2.75) is 328 Å². The van der Waals surface area contributed by atoms with E-state index >= 15 is 0 Å². The second-order valence-electron chi connectivity index (χ2n) is 22.4. The first-order valence-electron chi connectivity index (χ1n) is 30.6. The van der Waals surface area contributed by atoms with Gasteiger partial charge in [0.2, 0.25) is 5.91 Å². The quantitative estimate of drug-likeness (QED) is 0.0272. The Morgan fingerprint density at radius 1 is 0.493 bits per heavy atom. The molecule has 8 nitrogen and oxygen atoms in total. The Balaban J connectivity index is 3.80. The van der Waals surface area contributed by atoms with Gasteiger partial charge in [0, 0.05) is 6.42 Å². The minimum atomic E-state index is -4.58. The highest BCUT2D eigenvalue weighted by atomic mass is 31.2. The van der Waals surface area contributed by atoms with E-state index in [4.69, 9.17) is 9.05 Å². The van der Waals surface area contributed by atoms with Gasteiger partial charge in [-0.15, -0.1) is 0 Å². The van der Waals surface area contributed by atoms with E-state index < -0.39 is 20.0 Å². The molecule has 3 unspecified atom stereocenters. The van der Waals surface area contributed by atoms with E-state index in [1.54, 1.807) is 6.08 Å². The van der Waals surface area contributed by atoms with Crippen LogP contribution in [0, 0.1) is 0 Å². The summed E-state index contributed by atoms with van der Waals surface area (Å²) in [7, 11) is 1.28. The van der Waals surface area contributed by atoms with Crippen LogP contribution in [0.5, 0.6) is 0 Å². The first-order valence-corrected chi connectivity index (χ1v) is 32.0. The van der Waals surface area contributed by atoms with Crippen LogP contribution in [0.3, 0.4) is 0 Å². The molecule has 3 atom stereocenters. The largest absolute Gasteiger partial charge is 0.756 e. The Morgan fingerprint density at radius 3 is 1.09 bits per heavy atom. The standard InChI is InChI=1S/C60H121N2O6P/c1-6-8-10-12-14-16-18-19-20-21-22-23-24-25-26-27-28-29-30-31-32-33-34-35-36-37-38-39-40-41-42-43-44-46-48-50-52-54-60(64)61-58(57-68-69(65,66)67-56-55-62(3,4)5)59(63)53-51-49-47-45-17-15-13-11-9-7-2/h51,53,58-59,63H,6-50,52,54-57H2,1-5H3,(H-,61,64,65,66)/b53-51+. The van der Waals surface area contributed by atoms with Gasteiger partial charge in [-0.1, -0.05) is 302 Å². The molecule has 0 aliphatic rings. The van der Waals surface area contributed by atoms with Crippen molar-refractivity contribution in [2.24, 2.45) is 0 Å². The van der Waals surface area contributed by atoms with Gasteiger partial charge in [-0.2, -0.15) is 0 Å². The summed E-state index contributed by atoms with van der Waals surface area (Å²) in [5.41, 5.74) is 0. The van der Waals surface area contributed by atoms with Crippen molar-refractivity contribution in [3.63, 3.8) is 0 Å². The number of hydrogen-bond acceptors (Lipinski definition) is 6. The van der Waals surface area contributed by atoms with E-state index in [0.29, 0.717) is 17.4 Å². The minimum Gasteiger partial charge on any atom is -0.756 e. The maximum Gasteiger partial charge on any atom is 0.268 e. The number of quaternary nitrogens is 1. The molecule has 0 aromatic rings. The van der Waals surface area contributed by atoms with Gasteiger partial charge in [-0.3, -0.25) is 9.36 Å². The fourth-order valence-electron chi connectivity index (χ4n) is 9.45. The van der Waals surface area contributed by atoms with E-state index in [-0.39, 0.29) is 19.1 Å². The monoisotopic (exact) mass is 997 g/mol. The lowest BCUT2D eigenvalue weighted by atomic mass is 10.0. The van der Waals surface area contributed by atoms with Gasteiger partial charge in [0.25, 0.3) is 7.82 Å². The number of phosphoric acid groups is 1. The summed E-state index contributed by atoms with van der Waals surface area (Å²) in [4.78, 5) is 25.4. The van der Waals surface area contributed by atoms with Gasteiger partial charge in [-0.05, 0) is 19.3 Å². The summed E-state index contributed by atoms with van der Waals surface area (Å²) in [5, 5.41) is 13.8. The topological polar surface area (TPSA) is 108 Å². The molecule has 0 rings (SSSR count). The van der Waals surface area contributed by atoms with E-state index in [9.17, 15) is 19.4 Å². The van der Waals surface area contributed by atoms with Crippen LogP contribution in [0.15, 0.2) is 12.2 Å². The fourth-order valence-corrected chi connectivity index (χ4v) is 10.2. The summed E-state index contributed by atoms with van der Waals surface area (Å²) >= 11 is 0.